The van der Waals surface area contributed by atoms with Gasteiger partial charge in [0.1, 0.15) is 0 Å². The standard InChI is InChI=1S/C15H22O2/c1-11(2)5-6-13-7-9-14(10-8-13)15(16)17-12(3)4/h7-12H,5-6H2,1-4H3. The summed E-state index contributed by atoms with van der Waals surface area (Å²) in [4.78, 5) is 11.6. The Bertz CT molecular complexity index is 350. The minimum Gasteiger partial charge on any atom is -0.459 e. The molecule has 2 heteroatoms. The first-order valence-electron chi connectivity index (χ1n) is 6.29. The number of carbonyl (C=O) groups is 1. The summed E-state index contributed by atoms with van der Waals surface area (Å²) in [5.41, 5.74) is 1.91. The van der Waals surface area contributed by atoms with Crippen LogP contribution in [-0.2, 0) is 11.2 Å². The number of hydrogen-bond donors (Lipinski definition) is 0. The van der Waals surface area contributed by atoms with E-state index in [-0.39, 0.29) is 12.1 Å². The smallest absolute Gasteiger partial charge is 0.338 e. The summed E-state index contributed by atoms with van der Waals surface area (Å²) in [6.07, 6.45) is 2.18. The Morgan fingerprint density at radius 2 is 1.71 bits per heavy atom. The summed E-state index contributed by atoms with van der Waals surface area (Å²) in [6, 6.07) is 7.72. The number of hydrogen-bond acceptors (Lipinski definition) is 2. The second kappa shape index (κ2) is 6.43. The van der Waals surface area contributed by atoms with Crippen LogP contribution in [0, 0.1) is 5.92 Å². The molecule has 0 amide bonds. The molecule has 0 N–H and O–H groups in total. The molecule has 0 bridgehead atoms. The molecule has 0 radical (unpaired) electrons. The molecule has 0 heterocycles. The van der Waals surface area contributed by atoms with Gasteiger partial charge in [0.25, 0.3) is 0 Å². The molecule has 0 atom stereocenters. The van der Waals surface area contributed by atoms with Gasteiger partial charge in [-0.3, -0.25) is 0 Å². The highest BCUT2D eigenvalue weighted by molar-refractivity contribution is 5.89. The fourth-order valence-corrected chi connectivity index (χ4v) is 1.54. The van der Waals surface area contributed by atoms with Gasteiger partial charge in [0, 0.05) is 0 Å². The average Bonchev–Trinajstić information content (AvgIpc) is 2.26. The number of aryl methyl sites for hydroxylation is 1. The summed E-state index contributed by atoms with van der Waals surface area (Å²) in [5, 5.41) is 0. The van der Waals surface area contributed by atoms with Crippen molar-refractivity contribution in [3.05, 3.63) is 35.4 Å². The molecular formula is C15H22O2. The quantitative estimate of drug-likeness (QED) is 0.723. The van der Waals surface area contributed by atoms with Gasteiger partial charge >= 0.3 is 5.97 Å². The Balaban J connectivity index is 2.58. The van der Waals surface area contributed by atoms with Gasteiger partial charge in [-0.15, -0.1) is 0 Å². The highest BCUT2D eigenvalue weighted by Crippen LogP contribution is 2.11. The molecule has 0 aliphatic heterocycles. The normalized spacial score (nSPS) is 10.9. The van der Waals surface area contributed by atoms with Gasteiger partial charge in [0.05, 0.1) is 11.7 Å². The van der Waals surface area contributed by atoms with Gasteiger partial charge in [0.15, 0.2) is 0 Å². The van der Waals surface area contributed by atoms with Crippen LogP contribution in [0.4, 0.5) is 0 Å². The molecule has 94 valence electrons. The van der Waals surface area contributed by atoms with Gasteiger partial charge in [-0.2, -0.15) is 0 Å². The third-order valence-electron chi connectivity index (χ3n) is 2.54. The van der Waals surface area contributed by atoms with E-state index in [0.717, 1.165) is 6.42 Å². The Hall–Kier alpha value is -1.31. The second-order valence-electron chi connectivity index (χ2n) is 5.08. The summed E-state index contributed by atoms with van der Waals surface area (Å²) >= 11 is 0. The van der Waals surface area contributed by atoms with Crippen molar-refractivity contribution in [1.82, 2.24) is 0 Å². The molecule has 0 unspecified atom stereocenters. The van der Waals surface area contributed by atoms with Crippen LogP contribution in [0.2, 0.25) is 0 Å². The predicted molar refractivity (Wildman–Crippen MR) is 70.2 cm³/mol. The first-order valence-corrected chi connectivity index (χ1v) is 6.29. The molecule has 2 nitrogen and oxygen atoms in total. The van der Waals surface area contributed by atoms with Crippen LogP contribution < -0.4 is 0 Å². The third kappa shape index (κ3) is 5.03. The van der Waals surface area contributed by atoms with E-state index in [1.54, 1.807) is 0 Å². The van der Waals surface area contributed by atoms with Crippen LogP contribution in [0.15, 0.2) is 24.3 Å². The SMILES string of the molecule is CC(C)CCc1ccc(C(=O)OC(C)C)cc1. The van der Waals surface area contributed by atoms with Crippen molar-refractivity contribution in [3.8, 4) is 0 Å². The maximum absolute atomic E-state index is 11.6. The first kappa shape index (κ1) is 13.8. The van der Waals surface area contributed by atoms with E-state index in [1.807, 2.05) is 38.1 Å². The van der Waals surface area contributed by atoms with Crippen LogP contribution in [0.1, 0.15) is 50.0 Å². The van der Waals surface area contributed by atoms with E-state index in [4.69, 9.17) is 4.74 Å². The highest BCUT2D eigenvalue weighted by atomic mass is 16.5. The molecular weight excluding hydrogens is 212 g/mol. The zero-order valence-electron chi connectivity index (χ0n) is 11.2. The number of carbonyl (C=O) groups excluding carboxylic acids is 1. The average molecular weight is 234 g/mol. The summed E-state index contributed by atoms with van der Waals surface area (Å²) < 4.78 is 5.14. The maximum atomic E-state index is 11.6. The Kier molecular flexibility index (Phi) is 5.20. The van der Waals surface area contributed by atoms with E-state index in [1.165, 1.54) is 12.0 Å². The molecule has 17 heavy (non-hydrogen) atoms. The molecule has 0 spiro atoms. The molecule has 0 aromatic heterocycles. The lowest BCUT2D eigenvalue weighted by Gasteiger charge is -2.09. The second-order valence-corrected chi connectivity index (χ2v) is 5.08. The summed E-state index contributed by atoms with van der Waals surface area (Å²) in [6.45, 7) is 8.15. The van der Waals surface area contributed by atoms with Gasteiger partial charge in [-0.25, -0.2) is 4.79 Å². The minimum absolute atomic E-state index is 0.0666. The van der Waals surface area contributed by atoms with E-state index in [0.29, 0.717) is 11.5 Å². The lowest BCUT2D eigenvalue weighted by atomic mass is 10.0. The number of rotatable bonds is 5. The molecule has 0 fully saturated rings. The fraction of sp³-hybridized carbons (Fsp3) is 0.533. The van der Waals surface area contributed by atoms with E-state index in [2.05, 4.69) is 13.8 Å². The largest absolute Gasteiger partial charge is 0.459 e. The van der Waals surface area contributed by atoms with Crippen LogP contribution >= 0.6 is 0 Å². The van der Waals surface area contributed by atoms with E-state index >= 15 is 0 Å². The summed E-state index contributed by atoms with van der Waals surface area (Å²) in [5.74, 6) is 0.469. The van der Waals surface area contributed by atoms with Crippen molar-refractivity contribution in [2.75, 3.05) is 0 Å². The Morgan fingerprint density at radius 3 is 2.18 bits per heavy atom. The monoisotopic (exact) mass is 234 g/mol. The van der Waals surface area contributed by atoms with Gasteiger partial charge in [0.2, 0.25) is 0 Å². The number of benzene rings is 1. The first-order chi connectivity index (χ1) is 7.99. The molecule has 0 saturated heterocycles. The van der Waals surface area contributed by atoms with Crippen molar-refractivity contribution in [1.29, 1.82) is 0 Å². The highest BCUT2D eigenvalue weighted by Gasteiger charge is 2.08. The molecule has 1 aromatic rings. The topological polar surface area (TPSA) is 26.3 Å². The zero-order valence-corrected chi connectivity index (χ0v) is 11.2. The Labute approximate surface area is 104 Å². The van der Waals surface area contributed by atoms with Crippen molar-refractivity contribution >= 4 is 5.97 Å². The number of esters is 1. The lowest BCUT2D eigenvalue weighted by molar-refractivity contribution is 0.0378. The van der Waals surface area contributed by atoms with Crippen LogP contribution in [0.25, 0.3) is 0 Å². The van der Waals surface area contributed by atoms with Crippen molar-refractivity contribution in [3.63, 3.8) is 0 Å². The number of ether oxygens (including phenoxy) is 1. The molecule has 1 aromatic carbocycles. The van der Waals surface area contributed by atoms with Gasteiger partial charge in [-0.05, 0) is 50.3 Å². The van der Waals surface area contributed by atoms with E-state index in [9.17, 15) is 4.79 Å². The van der Waals surface area contributed by atoms with Crippen molar-refractivity contribution < 1.29 is 9.53 Å². The lowest BCUT2D eigenvalue weighted by Crippen LogP contribution is -2.11. The molecule has 0 aliphatic carbocycles. The van der Waals surface area contributed by atoms with Crippen LogP contribution in [-0.4, -0.2) is 12.1 Å². The summed E-state index contributed by atoms with van der Waals surface area (Å²) in [7, 11) is 0. The maximum Gasteiger partial charge on any atom is 0.338 e. The molecule has 0 aliphatic rings. The van der Waals surface area contributed by atoms with Crippen LogP contribution in [0.5, 0.6) is 0 Å². The fourth-order valence-electron chi connectivity index (χ4n) is 1.54. The molecule has 0 saturated carbocycles. The predicted octanol–water partition coefficient (Wildman–Crippen LogP) is 3.84. The third-order valence-corrected chi connectivity index (χ3v) is 2.54. The van der Waals surface area contributed by atoms with Crippen LogP contribution in [0.3, 0.4) is 0 Å². The van der Waals surface area contributed by atoms with Crippen molar-refractivity contribution in [2.24, 2.45) is 5.92 Å². The van der Waals surface area contributed by atoms with E-state index < -0.39 is 0 Å². The Morgan fingerprint density at radius 1 is 1.12 bits per heavy atom. The van der Waals surface area contributed by atoms with Gasteiger partial charge < -0.3 is 4.74 Å². The zero-order chi connectivity index (χ0) is 12.8. The van der Waals surface area contributed by atoms with Crippen molar-refractivity contribution in [2.45, 2.75) is 46.6 Å². The van der Waals surface area contributed by atoms with Gasteiger partial charge in [-0.1, -0.05) is 26.0 Å². The molecule has 1 rings (SSSR count). The minimum atomic E-state index is -0.240.